The minimum Gasteiger partial charge on any atom is -0.370 e. The largest absolute Gasteiger partial charge is 0.370 e. The minimum atomic E-state index is 0.103. The highest BCUT2D eigenvalue weighted by molar-refractivity contribution is 9.10. The van der Waals surface area contributed by atoms with Gasteiger partial charge >= 0.3 is 0 Å². The number of pyridine rings is 1. The van der Waals surface area contributed by atoms with Gasteiger partial charge in [0.2, 0.25) is 0 Å². The van der Waals surface area contributed by atoms with Gasteiger partial charge in [-0.25, -0.2) is 4.98 Å². The molecule has 0 aromatic carbocycles. The van der Waals surface area contributed by atoms with Crippen LogP contribution < -0.4 is 5.32 Å². The first-order valence-corrected chi connectivity index (χ1v) is 8.17. The van der Waals surface area contributed by atoms with Crippen molar-refractivity contribution in [2.24, 2.45) is 0 Å². The second-order valence-corrected chi connectivity index (χ2v) is 6.08. The number of rotatable bonds is 7. The lowest BCUT2D eigenvalue weighted by Crippen LogP contribution is -2.34. The van der Waals surface area contributed by atoms with E-state index in [1.807, 2.05) is 17.9 Å². The molecule has 2 rings (SSSR count). The molecule has 1 N–H and O–H groups in total. The Morgan fingerprint density at radius 3 is 2.85 bits per heavy atom. The average Bonchev–Trinajstić information content (AvgIpc) is 3.26. The fourth-order valence-corrected chi connectivity index (χ4v) is 2.56. The predicted octanol–water partition coefficient (Wildman–Crippen LogP) is 3.68. The van der Waals surface area contributed by atoms with E-state index >= 15 is 0 Å². The van der Waals surface area contributed by atoms with Gasteiger partial charge < -0.3 is 10.2 Å². The molecule has 0 atom stereocenters. The Hall–Kier alpha value is -1.10. The Labute approximate surface area is 129 Å². The van der Waals surface area contributed by atoms with E-state index in [4.69, 9.17) is 0 Å². The van der Waals surface area contributed by atoms with E-state index in [1.165, 1.54) is 0 Å². The molecule has 0 radical (unpaired) electrons. The summed E-state index contributed by atoms with van der Waals surface area (Å²) in [6.07, 6.45) is 6.15. The summed E-state index contributed by atoms with van der Waals surface area (Å²) in [7, 11) is 0. The molecule has 1 amide bonds. The van der Waals surface area contributed by atoms with Gasteiger partial charge in [0.15, 0.2) is 0 Å². The maximum Gasteiger partial charge on any atom is 0.257 e. The second-order valence-electron chi connectivity index (χ2n) is 5.16. The highest BCUT2D eigenvalue weighted by Crippen LogP contribution is 2.30. The van der Waals surface area contributed by atoms with Crippen molar-refractivity contribution in [3.8, 4) is 0 Å². The number of carbonyl (C=O) groups excluding carboxylic acids is 1. The van der Waals surface area contributed by atoms with E-state index in [-0.39, 0.29) is 5.91 Å². The maximum atomic E-state index is 12.8. The lowest BCUT2D eigenvalue weighted by atomic mass is 10.2. The van der Waals surface area contributed by atoms with E-state index in [9.17, 15) is 4.79 Å². The number of hydrogen-bond donors (Lipinski definition) is 1. The standard InChI is InChI=1S/C15H22BrN3O/c1-3-5-8-19(12-6-7-12)15(20)13-9-11(16)10-18-14(13)17-4-2/h9-10,12H,3-8H2,1-2H3,(H,17,18). The van der Waals surface area contributed by atoms with Gasteiger partial charge in [-0.15, -0.1) is 0 Å². The molecule has 0 spiro atoms. The van der Waals surface area contributed by atoms with Gasteiger partial charge in [0, 0.05) is 29.8 Å². The van der Waals surface area contributed by atoms with Gasteiger partial charge in [0.05, 0.1) is 5.56 Å². The minimum absolute atomic E-state index is 0.103. The Bertz CT molecular complexity index is 474. The van der Waals surface area contributed by atoms with Gasteiger partial charge in [-0.1, -0.05) is 13.3 Å². The number of hydrogen-bond acceptors (Lipinski definition) is 3. The molecule has 0 unspecified atom stereocenters. The van der Waals surface area contributed by atoms with Crippen LogP contribution in [0.25, 0.3) is 0 Å². The molecule has 1 aromatic heterocycles. The van der Waals surface area contributed by atoms with E-state index in [0.717, 1.165) is 43.2 Å². The van der Waals surface area contributed by atoms with Crippen LogP contribution in [-0.4, -0.2) is 34.9 Å². The summed E-state index contributed by atoms with van der Waals surface area (Å²) in [5, 5.41) is 3.18. The average molecular weight is 340 g/mol. The van der Waals surface area contributed by atoms with Crippen LogP contribution in [0.4, 0.5) is 5.82 Å². The third kappa shape index (κ3) is 3.72. The lowest BCUT2D eigenvalue weighted by molar-refractivity contribution is 0.0741. The molecule has 1 fully saturated rings. The highest BCUT2D eigenvalue weighted by Gasteiger charge is 2.33. The first-order valence-electron chi connectivity index (χ1n) is 7.37. The van der Waals surface area contributed by atoms with Crippen LogP contribution in [-0.2, 0) is 0 Å². The smallest absolute Gasteiger partial charge is 0.257 e. The van der Waals surface area contributed by atoms with Crippen molar-refractivity contribution in [1.82, 2.24) is 9.88 Å². The van der Waals surface area contributed by atoms with Crippen molar-refractivity contribution in [1.29, 1.82) is 0 Å². The van der Waals surface area contributed by atoms with Crippen LogP contribution in [0.15, 0.2) is 16.7 Å². The predicted molar refractivity (Wildman–Crippen MR) is 85.1 cm³/mol. The molecule has 20 heavy (non-hydrogen) atoms. The monoisotopic (exact) mass is 339 g/mol. The first-order chi connectivity index (χ1) is 9.67. The zero-order valence-electron chi connectivity index (χ0n) is 12.2. The molecule has 4 nitrogen and oxygen atoms in total. The summed E-state index contributed by atoms with van der Waals surface area (Å²) in [4.78, 5) is 19.2. The first kappa shape index (κ1) is 15.3. The van der Waals surface area contributed by atoms with Crippen molar-refractivity contribution in [3.63, 3.8) is 0 Å². The molecule has 0 saturated heterocycles. The molecule has 1 aromatic rings. The van der Waals surface area contributed by atoms with Crippen molar-refractivity contribution in [3.05, 3.63) is 22.3 Å². The molecule has 0 bridgehead atoms. The highest BCUT2D eigenvalue weighted by atomic mass is 79.9. The summed E-state index contributed by atoms with van der Waals surface area (Å²) in [5.74, 6) is 0.786. The Morgan fingerprint density at radius 1 is 1.50 bits per heavy atom. The van der Waals surface area contributed by atoms with Crippen molar-refractivity contribution < 1.29 is 4.79 Å². The SMILES string of the molecule is CCCCN(C(=O)c1cc(Br)cnc1NCC)C1CC1. The molecular formula is C15H22BrN3O. The van der Waals surface area contributed by atoms with Crippen LogP contribution in [0, 0.1) is 0 Å². The topological polar surface area (TPSA) is 45.2 Å². The quantitative estimate of drug-likeness (QED) is 0.824. The fourth-order valence-electron chi connectivity index (χ4n) is 2.23. The zero-order chi connectivity index (χ0) is 14.5. The molecule has 1 saturated carbocycles. The summed E-state index contributed by atoms with van der Waals surface area (Å²) in [6, 6.07) is 2.30. The van der Waals surface area contributed by atoms with Crippen molar-refractivity contribution in [2.75, 3.05) is 18.4 Å². The number of nitrogens with zero attached hydrogens (tertiary/aromatic N) is 2. The summed E-state index contributed by atoms with van der Waals surface area (Å²) in [6.45, 7) is 5.76. The molecule has 110 valence electrons. The molecule has 1 aliphatic rings. The van der Waals surface area contributed by atoms with Crippen LogP contribution >= 0.6 is 15.9 Å². The van der Waals surface area contributed by atoms with E-state index in [1.54, 1.807) is 6.20 Å². The Balaban J connectivity index is 2.23. The fraction of sp³-hybridized carbons (Fsp3) is 0.600. The normalized spacial score (nSPS) is 14.2. The molecule has 5 heteroatoms. The zero-order valence-corrected chi connectivity index (χ0v) is 13.7. The Morgan fingerprint density at radius 2 is 2.25 bits per heavy atom. The molecule has 0 aliphatic heterocycles. The summed E-state index contributed by atoms with van der Waals surface area (Å²) >= 11 is 3.41. The number of amides is 1. The third-order valence-electron chi connectivity index (χ3n) is 3.43. The van der Waals surface area contributed by atoms with Gasteiger partial charge in [-0.2, -0.15) is 0 Å². The van der Waals surface area contributed by atoms with Gasteiger partial charge in [-0.05, 0) is 48.2 Å². The van der Waals surface area contributed by atoms with E-state index < -0.39 is 0 Å². The van der Waals surface area contributed by atoms with Crippen LogP contribution in [0.5, 0.6) is 0 Å². The van der Waals surface area contributed by atoms with Crippen LogP contribution in [0.1, 0.15) is 49.9 Å². The van der Waals surface area contributed by atoms with Crippen molar-refractivity contribution in [2.45, 2.75) is 45.6 Å². The second kappa shape index (κ2) is 7.07. The number of aromatic nitrogens is 1. The van der Waals surface area contributed by atoms with Gasteiger partial charge in [0.25, 0.3) is 5.91 Å². The van der Waals surface area contributed by atoms with Crippen LogP contribution in [0.2, 0.25) is 0 Å². The number of carbonyl (C=O) groups is 1. The van der Waals surface area contributed by atoms with Crippen LogP contribution in [0.3, 0.4) is 0 Å². The van der Waals surface area contributed by atoms with Gasteiger partial charge in [0.1, 0.15) is 5.82 Å². The third-order valence-corrected chi connectivity index (χ3v) is 3.86. The lowest BCUT2D eigenvalue weighted by Gasteiger charge is -2.23. The molecule has 1 heterocycles. The number of nitrogens with one attached hydrogen (secondary N) is 1. The maximum absolute atomic E-state index is 12.8. The van der Waals surface area contributed by atoms with Crippen molar-refractivity contribution >= 4 is 27.7 Å². The Kier molecular flexibility index (Phi) is 5.40. The summed E-state index contributed by atoms with van der Waals surface area (Å²) < 4.78 is 0.841. The molecule has 1 aliphatic carbocycles. The number of anilines is 1. The summed E-state index contributed by atoms with van der Waals surface area (Å²) in [5.41, 5.74) is 0.671. The number of unbranched alkanes of at least 4 members (excludes halogenated alkanes) is 1. The van der Waals surface area contributed by atoms with E-state index in [0.29, 0.717) is 17.4 Å². The number of halogens is 1. The van der Waals surface area contributed by atoms with Gasteiger partial charge in [-0.3, -0.25) is 4.79 Å². The van der Waals surface area contributed by atoms with E-state index in [2.05, 4.69) is 33.2 Å². The molecular weight excluding hydrogens is 318 g/mol.